The number of rotatable bonds is 3. The van der Waals surface area contributed by atoms with Gasteiger partial charge in [-0.05, 0) is 13.0 Å². The van der Waals surface area contributed by atoms with Gasteiger partial charge < -0.3 is 4.55 Å². The number of hydrogen-bond acceptors (Lipinski definition) is 4. The normalized spacial score (nSPS) is 13.5. The molecule has 0 aliphatic rings. The molecule has 0 aliphatic carbocycles. The Balaban J connectivity index is 3.38. The molecule has 0 radical (unpaired) electrons. The van der Waals surface area contributed by atoms with Gasteiger partial charge in [0.2, 0.25) is 0 Å². The number of quaternary nitrogens is 1. The number of benzene rings is 1. The maximum Gasteiger partial charge on any atom is 0.275 e. The van der Waals surface area contributed by atoms with Crippen molar-refractivity contribution < 1.29 is 13.7 Å². The number of non-ortho nitro benzene ring substituents is 1. The molecule has 0 N–H and O–H groups in total. The van der Waals surface area contributed by atoms with Gasteiger partial charge in [0.05, 0.1) is 25.1 Å². The fraction of sp³-hybridized carbons (Fsp3) is 0.333. The van der Waals surface area contributed by atoms with Gasteiger partial charge in [-0.3, -0.25) is 10.1 Å². The number of nitro benzene ring substituents is 1. The lowest BCUT2D eigenvalue weighted by molar-refractivity contribution is -0.384. The Bertz CT molecular complexity index is 459. The highest BCUT2D eigenvalue weighted by Crippen LogP contribution is 2.29. The van der Waals surface area contributed by atoms with E-state index in [9.17, 15) is 18.9 Å². The van der Waals surface area contributed by atoms with Gasteiger partial charge >= 0.3 is 0 Å². The molecule has 0 saturated carbocycles. The molecular formula is C9H12N2O4S. The molecule has 0 fully saturated rings. The van der Waals surface area contributed by atoms with E-state index in [-0.39, 0.29) is 5.69 Å². The number of hydrogen-bond donors (Lipinski definition) is 0. The molecule has 0 aliphatic heterocycles. The summed E-state index contributed by atoms with van der Waals surface area (Å²) in [5.74, 6) is 0. The van der Waals surface area contributed by atoms with Crippen LogP contribution >= 0.6 is 0 Å². The van der Waals surface area contributed by atoms with Crippen molar-refractivity contribution in [3.8, 4) is 0 Å². The maximum absolute atomic E-state index is 11.1. The second-order valence-electron chi connectivity index (χ2n) is 3.80. The summed E-state index contributed by atoms with van der Waals surface area (Å²) in [5, 5.41) is 10.6. The molecule has 0 heterocycles. The first-order valence-corrected chi connectivity index (χ1v) is 5.49. The highest BCUT2D eigenvalue weighted by molar-refractivity contribution is 7.78. The number of nitro groups is 1. The molecular weight excluding hydrogens is 232 g/mol. The largest absolute Gasteiger partial charge is 0.724 e. The van der Waals surface area contributed by atoms with E-state index < -0.39 is 20.1 Å². The Morgan fingerprint density at radius 3 is 2.38 bits per heavy atom. The summed E-state index contributed by atoms with van der Waals surface area (Å²) in [6.07, 6.45) is 0. The molecule has 1 aromatic rings. The van der Waals surface area contributed by atoms with Crippen LogP contribution < -0.4 is 3.89 Å². The molecule has 0 bridgehead atoms. The van der Waals surface area contributed by atoms with Crippen molar-refractivity contribution in [2.45, 2.75) is 6.92 Å². The zero-order valence-corrected chi connectivity index (χ0v) is 9.98. The Kier molecular flexibility index (Phi) is 3.41. The van der Waals surface area contributed by atoms with Crippen molar-refractivity contribution in [3.63, 3.8) is 0 Å². The van der Waals surface area contributed by atoms with Crippen LogP contribution in [0.2, 0.25) is 0 Å². The summed E-state index contributed by atoms with van der Waals surface area (Å²) in [4.78, 5) is 10.1. The van der Waals surface area contributed by atoms with Gasteiger partial charge in [-0.25, -0.2) is 8.10 Å². The average Bonchev–Trinajstić information content (AvgIpc) is 2.17. The average molecular weight is 244 g/mol. The van der Waals surface area contributed by atoms with E-state index in [0.717, 1.165) is 0 Å². The molecule has 6 nitrogen and oxygen atoms in total. The third kappa shape index (κ3) is 2.26. The van der Waals surface area contributed by atoms with Crippen molar-refractivity contribution in [1.29, 1.82) is 0 Å². The molecule has 1 aromatic carbocycles. The molecule has 1 unspecified atom stereocenters. The third-order valence-corrected chi connectivity index (χ3v) is 3.30. The quantitative estimate of drug-likeness (QED) is 0.347. The SMILES string of the molecule is Cc1ccc([N+](=O)[O-])cc1[N+](C)(C)S(=O)[O-]. The van der Waals surface area contributed by atoms with E-state index >= 15 is 0 Å². The summed E-state index contributed by atoms with van der Waals surface area (Å²) in [6.45, 7) is 1.71. The zero-order valence-electron chi connectivity index (χ0n) is 9.17. The predicted octanol–water partition coefficient (Wildman–Crippen LogP) is 1.26. The van der Waals surface area contributed by atoms with Gasteiger partial charge in [-0.15, -0.1) is 0 Å². The summed E-state index contributed by atoms with van der Waals surface area (Å²) >= 11 is -2.39. The topological polar surface area (TPSA) is 83.3 Å². The number of nitrogens with zero attached hydrogens (tertiary/aromatic N) is 2. The van der Waals surface area contributed by atoms with Crippen LogP contribution in [0.4, 0.5) is 11.4 Å². The Morgan fingerprint density at radius 1 is 1.38 bits per heavy atom. The zero-order chi connectivity index (χ0) is 12.5. The van der Waals surface area contributed by atoms with Crippen LogP contribution in [0.3, 0.4) is 0 Å². The van der Waals surface area contributed by atoms with Gasteiger partial charge in [-0.1, -0.05) is 0 Å². The van der Waals surface area contributed by atoms with Gasteiger partial charge in [0.1, 0.15) is 0 Å². The minimum absolute atomic E-state index is 0.114. The fourth-order valence-corrected chi connectivity index (χ4v) is 1.73. The van der Waals surface area contributed by atoms with Crippen LogP contribution in [0, 0.1) is 17.0 Å². The first kappa shape index (κ1) is 12.8. The monoisotopic (exact) mass is 244 g/mol. The molecule has 0 spiro atoms. The highest BCUT2D eigenvalue weighted by atomic mass is 32.2. The maximum atomic E-state index is 11.1. The van der Waals surface area contributed by atoms with Crippen molar-refractivity contribution in [3.05, 3.63) is 33.9 Å². The molecule has 1 atom stereocenters. The first-order valence-electron chi connectivity index (χ1n) is 4.46. The molecule has 0 saturated heterocycles. The van der Waals surface area contributed by atoms with Crippen LogP contribution in [0.1, 0.15) is 5.56 Å². The second kappa shape index (κ2) is 4.28. The molecule has 16 heavy (non-hydrogen) atoms. The van der Waals surface area contributed by atoms with Crippen LogP contribution in [0.25, 0.3) is 0 Å². The standard InChI is InChI=1S/C9H12N2O4S/c1-7-4-5-8(10(12)13)6-9(7)11(2,3)16(14)15/h4-6H,1-3H3. The molecule has 0 aromatic heterocycles. The Morgan fingerprint density at radius 2 is 1.94 bits per heavy atom. The van der Waals surface area contributed by atoms with Gasteiger partial charge in [0, 0.05) is 11.6 Å². The van der Waals surface area contributed by atoms with E-state index in [0.29, 0.717) is 11.3 Å². The van der Waals surface area contributed by atoms with E-state index in [1.165, 1.54) is 26.2 Å². The fourth-order valence-electron chi connectivity index (χ4n) is 1.37. The lowest BCUT2D eigenvalue weighted by Crippen LogP contribution is -2.42. The van der Waals surface area contributed by atoms with Crippen molar-refractivity contribution in [2.75, 3.05) is 14.1 Å². The van der Waals surface area contributed by atoms with E-state index in [4.69, 9.17) is 0 Å². The Hall–Kier alpha value is -1.31. The second-order valence-corrected chi connectivity index (χ2v) is 5.14. The molecule has 1 rings (SSSR count). The van der Waals surface area contributed by atoms with Crippen LogP contribution in [0.5, 0.6) is 0 Å². The lowest BCUT2D eigenvalue weighted by atomic mass is 10.1. The number of aryl methyl sites for hydroxylation is 1. The summed E-state index contributed by atoms with van der Waals surface area (Å²) in [5.41, 5.74) is 0.972. The van der Waals surface area contributed by atoms with Crippen molar-refractivity contribution >= 4 is 22.6 Å². The minimum Gasteiger partial charge on any atom is -0.724 e. The summed E-state index contributed by atoms with van der Waals surface area (Å²) < 4.78 is 21.7. The smallest absolute Gasteiger partial charge is 0.275 e. The summed E-state index contributed by atoms with van der Waals surface area (Å²) in [6, 6.07) is 4.18. The van der Waals surface area contributed by atoms with Crippen molar-refractivity contribution in [1.82, 2.24) is 3.89 Å². The van der Waals surface area contributed by atoms with E-state index in [1.54, 1.807) is 13.0 Å². The summed E-state index contributed by atoms with van der Waals surface area (Å²) in [7, 11) is 2.91. The van der Waals surface area contributed by atoms with E-state index in [1.807, 2.05) is 0 Å². The van der Waals surface area contributed by atoms with Crippen LogP contribution in [-0.2, 0) is 11.3 Å². The van der Waals surface area contributed by atoms with Crippen molar-refractivity contribution in [2.24, 2.45) is 0 Å². The van der Waals surface area contributed by atoms with Crippen LogP contribution in [0.15, 0.2) is 18.2 Å². The van der Waals surface area contributed by atoms with Gasteiger partial charge in [0.15, 0.2) is 17.0 Å². The molecule has 0 amide bonds. The van der Waals surface area contributed by atoms with Gasteiger partial charge in [0.25, 0.3) is 5.69 Å². The highest BCUT2D eigenvalue weighted by Gasteiger charge is 2.25. The first-order chi connectivity index (χ1) is 7.26. The lowest BCUT2D eigenvalue weighted by Gasteiger charge is -2.30. The minimum atomic E-state index is -2.39. The Labute approximate surface area is 95.7 Å². The van der Waals surface area contributed by atoms with Gasteiger partial charge in [-0.2, -0.15) is 0 Å². The molecule has 88 valence electrons. The predicted molar refractivity (Wildman–Crippen MR) is 60.4 cm³/mol. The third-order valence-electron chi connectivity index (χ3n) is 2.36. The molecule has 7 heteroatoms. The van der Waals surface area contributed by atoms with E-state index in [2.05, 4.69) is 0 Å². The van der Waals surface area contributed by atoms with Crippen LogP contribution in [-0.4, -0.2) is 27.8 Å².